The van der Waals surface area contributed by atoms with E-state index in [0.717, 1.165) is 21.7 Å². The molecule has 0 fully saturated rings. The van der Waals surface area contributed by atoms with Crippen molar-refractivity contribution in [1.82, 2.24) is 9.13 Å². The van der Waals surface area contributed by atoms with E-state index in [1.165, 1.54) is 55.3 Å². The molecule has 3 aromatic heterocycles. The number of para-hydroxylation sites is 2. The van der Waals surface area contributed by atoms with Crippen LogP contribution in [0.1, 0.15) is 11.1 Å². The minimum atomic E-state index is 0.485. The van der Waals surface area contributed by atoms with Crippen molar-refractivity contribution in [1.29, 1.82) is 5.41 Å². The van der Waals surface area contributed by atoms with Gasteiger partial charge in [0.15, 0.2) is 0 Å². The molecule has 0 saturated heterocycles. The summed E-state index contributed by atoms with van der Waals surface area (Å²) in [6, 6.07) is 46.0. The number of hydrogen-bond acceptors (Lipinski definition) is 3. The SMILES string of the molecule is C=Nc1sccc1C(=N)c1ccc(-c2ccccc2)cc1.Cn1c2ccccc2c2ccc3c(ccn3-c3ccccc3)c21. The lowest BCUT2D eigenvalue weighted by molar-refractivity contribution is 1.02. The maximum absolute atomic E-state index is 8.33. The number of fused-ring (bicyclic) bond motifs is 5. The van der Waals surface area contributed by atoms with Gasteiger partial charge in [-0.15, -0.1) is 11.3 Å². The Bertz CT molecular complexity index is 2250. The van der Waals surface area contributed by atoms with Gasteiger partial charge >= 0.3 is 0 Å². The molecule has 44 heavy (non-hydrogen) atoms. The molecule has 5 aromatic carbocycles. The van der Waals surface area contributed by atoms with Crippen LogP contribution in [0.2, 0.25) is 0 Å². The number of aryl methyl sites for hydroxylation is 1. The van der Waals surface area contributed by atoms with Crippen molar-refractivity contribution in [2.75, 3.05) is 0 Å². The normalized spacial score (nSPS) is 11.0. The molecule has 0 saturated carbocycles. The Hall–Kier alpha value is -5.52. The predicted octanol–water partition coefficient (Wildman–Crippen LogP) is 10.4. The van der Waals surface area contributed by atoms with Gasteiger partial charge in [-0.2, -0.15) is 0 Å². The highest BCUT2D eigenvalue weighted by Crippen LogP contribution is 2.34. The van der Waals surface area contributed by atoms with Gasteiger partial charge in [-0.1, -0.05) is 97.1 Å². The first-order valence-corrected chi connectivity index (χ1v) is 15.3. The number of nitrogens with one attached hydrogen (secondary N) is 1. The average Bonchev–Trinajstić information content (AvgIpc) is 3.82. The molecule has 0 atom stereocenters. The Morgan fingerprint density at radius 2 is 1.34 bits per heavy atom. The number of hydrogen-bond donors (Lipinski definition) is 1. The molecule has 5 heteroatoms. The van der Waals surface area contributed by atoms with Crippen LogP contribution in [-0.4, -0.2) is 21.6 Å². The standard InChI is InChI=1S/C21H16N2.C18H14N2S/c1-22-19-10-6-5-9-16(19)17-11-12-20-18(21(17)22)13-14-23(20)15-7-3-2-4-8-15;1-20-18-16(11-12-21-18)17(19)15-9-7-14(8-10-15)13-5-3-2-4-6-13/h2-14H,1H3;2-12,19H,1H2. The molecule has 0 amide bonds. The summed E-state index contributed by atoms with van der Waals surface area (Å²) in [7, 11) is 2.16. The molecule has 0 aliphatic heterocycles. The van der Waals surface area contributed by atoms with Crippen molar-refractivity contribution < 1.29 is 0 Å². The van der Waals surface area contributed by atoms with Gasteiger partial charge in [-0.3, -0.25) is 10.4 Å². The van der Waals surface area contributed by atoms with E-state index in [2.05, 4.69) is 119 Å². The van der Waals surface area contributed by atoms with Crippen LogP contribution in [0.4, 0.5) is 5.00 Å². The van der Waals surface area contributed by atoms with Crippen LogP contribution in [0.5, 0.6) is 0 Å². The summed E-state index contributed by atoms with van der Waals surface area (Å²) in [6.07, 6.45) is 2.16. The van der Waals surface area contributed by atoms with Crippen LogP contribution in [0.15, 0.2) is 150 Å². The molecule has 0 radical (unpaired) electrons. The highest BCUT2D eigenvalue weighted by atomic mass is 32.1. The van der Waals surface area contributed by atoms with E-state index in [1.807, 2.05) is 53.9 Å². The van der Waals surface area contributed by atoms with E-state index in [1.54, 1.807) is 0 Å². The van der Waals surface area contributed by atoms with Crippen molar-refractivity contribution in [3.63, 3.8) is 0 Å². The zero-order valence-corrected chi connectivity index (χ0v) is 25.1. The summed E-state index contributed by atoms with van der Waals surface area (Å²) >= 11 is 1.50. The fraction of sp³-hybridized carbons (Fsp3) is 0.0256. The van der Waals surface area contributed by atoms with Gasteiger partial charge in [0.05, 0.1) is 16.7 Å². The number of nitrogens with zero attached hydrogens (tertiary/aromatic N) is 3. The fourth-order valence-electron chi connectivity index (χ4n) is 5.94. The number of benzene rings is 5. The second-order valence-corrected chi connectivity index (χ2v) is 11.5. The van der Waals surface area contributed by atoms with Crippen molar-refractivity contribution in [2.24, 2.45) is 12.0 Å². The molecule has 212 valence electrons. The molecule has 0 bridgehead atoms. The van der Waals surface area contributed by atoms with E-state index < -0.39 is 0 Å². The molecule has 4 nitrogen and oxygen atoms in total. The summed E-state index contributed by atoms with van der Waals surface area (Å²) in [5.74, 6) is 0. The summed E-state index contributed by atoms with van der Waals surface area (Å²) in [4.78, 5) is 3.97. The lowest BCUT2D eigenvalue weighted by Gasteiger charge is -2.06. The second-order valence-electron chi connectivity index (χ2n) is 10.6. The molecule has 3 heterocycles. The Balaban J connectivity index is 0.000000143. The molecule has 1 N–H and O–H groups in total. The summed E-state index contributed by atoms with van der Waals surface area (Å²) in [5, 5.41) is 15.0. The number of aromatic nitrogens is 2. The molecular weight excluding hydrogens is 557 g/mol. The molecular formula is C39H30N4S. The Labute approximate surface area is 260 Å². The smallest absolute Gasteiger partial charge is 0.124 e. The first kappa shape index (κ1) is 27.3. The lowest BCUT2D eigenvalue weighted by Crippen LogP contribution is -1.99. The quantitative estimate of drug-likeness (QED) is 0.195. The van der Waals surface area contributed by atoms with E-state index in [4.69, 9.17) is 5.41 Å². The molecule has 0 unspecified atom stereocenters. The van der Waals surface area contributed by atoms with Crippen molar-refractivity contribution >= 4 is 61.5 Å². The third kappa shape index (κ3) is 4.83. The van der Waals surface area contributed by atoms with Crippen LogP contribution in [0.25, 0.3) is 49.5 Å². The highest BCUT2D eigenvalue weighted by Gasteiger charge is 2.13. The van der Waals surface area contributed by atoms with Gasteiger partial charge in [0.1, 0.15) is 5.00 Å². The monoisotopic (exact) mass is 586 g/mol. The number of thiophene rings is 1. The van der Waals surface area contributed by atoms with Crippen LogP contribution >= 0.6 is 11.3 Å². The second kappa shape index (κ2) is 11.6. The molecule has 8 rings (SSSR count). The molecule has 0 aliphatic carbocycles. The van der Waals surface area contributed by atoms with Gasteiger partial charge < -0.3 is 9.13 Å². The largest absolute Gasteiger partial charge is 0.343 e. The Morgan fingerprint density at radius 1 is 0.659 bits per heavy atom. The molecule has 8 aromatic rings. The van der Waals surface area contributed by atoms with Crippen LogP contribution in [-0.2, 0) is 7.05 Å². The number of rotatable bonds is 5. The average molecular weight is 587 g/mol. The topological polar surface area (TPSA) is 46.1 Å². The third-order valence-electron chi connectivity index (χ3n) is 8.11. The first-order chi connectivity index (χ1) is 21.6. The maximum Gasteiger partial charge on any atom is 0.124 e. The van der Waals surface area contributed by atoms with Crippen molar-refractivity contribution in [3.8, 4) is 16.8 Å². The number of aliphatic imine (C=N–C) groups is 1. The van der Waals surface area contributed by atoms with Crippen molar-refractivity contribution in [3.05, 3.63) is 156 Å². The van der Waals surface area contributed by atoms with Gasteiger partial charge in [0.2, 0.25) is 0 Å². The van der Waals surface area contributed by atoms with Gasteiger partial charge in [-0.25, -0.2) is 0 Å². The molecule has 0 spiro atoms. The zero-order valence-electron chi connectivity index (χ0n) is 24.3. The highest BCUT2D eigenvalue weighted by molar-refractivity contribution is 7.14. The van der Waals surface area contributed by atoms with Gasteiger partial charge in [0, 0.05) is 51.7 Å². The van der Waals surface area contributed by atoms with E-state index >= 15 is 0 Å². The minimum absolute atomic E-state index is 0.485. The van der Waals surface area contributed by atoms with E-state index in [-0.39, 0.29) is 0 Å². The van der Waals surface area contributed by atoms with Crippen LogP contribution in [0, 0.1) is 5.41 Å². The van der Waals surface area contributed by atoms with E-state index in [0.29, 0.717) is 5.71 Å². The van der Waals surface area contributed by atoms with Gasteiger partial charge in [0.25, 0.3) is 0 Å². The fourth-order valence-corrected chi connectivity index (χ4v) is 6.64. The van der Waals surface area contributed by atoms with E-state index in [9.17, 15) is 0 Å². The van der Waals surface area contributed by atoms with Gasteiger partial charge in [-0.05, 0) is 59.6 Å². The lowest BCUT2D eigenvalue weighted by atomic mass is 10.00. The molecule has 0 aliphatic rings. The summed E-state index contributed by atoms with van der Waals surface area (Å²) in [6.45, 7) is 3.56. The van der Waals surface area contributed by atoms with Crippen LogP contribution in [0.3, 0.4) is 0 Å². The summed E-state index contributed by atoms with van der Waals surface area (Å²) < 4.78 is 4.56. The van der Waals surface area contributed by atoms with Crippen LogP contribution < -0.4 is 0 Å². The maximum atomic E-state index is 8.33. The summed E-state index contributed by atoms with van der Waals surface area (Å²) in [5.41, 5.74) is 9.56. The first-order valence-electron chi connectivity index (χ1n) is 14.5. The predicted molar refractivity (Wildman–Crippen MR) is 189 cm³/mol. The Morgan fingerprint density at radius 3 is 2.09 bits per heavy atom. The zero-order chi connectivity index (χ0) is 30.0. The van der Waals surface area contributed by atoms with Crippen molar-refractivity contribution in [2.45, 2.75) is 0 Å². The third-order valence-corrected chi connectivity index (χ3v) is 8.95. The Kier molecular flexibility index (Phi) is 7.22. The minimum Gasteiger partial charge on any atom is -0.343 e.